The number of hydrogen-bond acceptors (Lipinski definition) is 3. The predicted octanol–water partition coefficient (Wildman–Crippen LogP) is 2.63. The van der Waals surface area contributed by atoms with Crippen molar-refractivity contribution in [1.29, 1.82) is 0 Å². The number of benzene rings is 1. The normalized spacial score (nSPS) is 20.3. The van der Waals surface area contributed by atoms with E-state index in [1.807, 2.05) is 0 Å². The molecule has 1 aromatic carbocycles. The minimum atomic E-state index is -3.61. The molecular formula is C15H18Cl2N2O3S. The maximum absolute atomic E-state index is 12.6. The van der Waals surface area contributed by atoms with Gasteiger partial charge in [0.05, 0.1) is 14.9 Å². The Bertz CT molecular complexity index is 711. The van der Waals surface area contributed by atoms with Crippen molar-refractivity contribution in [3.63, 3.8) is 0 Å². The highest BCUT2D eigenvalue weighted by Crippen LogP contribution is 2.30. The van der Waals surface area contributed by atoms with Crippen LogP contribution in [-0.2, 0) is 14.8 Å². The number of carbonyl (C=O) groups excluding carboxylic acids is 1. The summed E-state index contributed by atoms with van der Waals surface area (Å²) in [6, 6.07) is 4.30. The van der Waals surface area contributed by atoms with Gasteiger partial charge in [0.2, 0.25) is 15.9 Å². The molecule has 8 heteroatoms. The van der Waals surface area contributed by atoms with Crippen molar-refractivity contribution in [2.45, 2.75) is 24.2 Å². The van der Waals surface area contributed by atoms with Gasteiger partial charge >= 0.3 is 0 Å². The monoisotopic (exact) mass is 376 g/mol. The number of carbonyl (C=O) groups is 1. The number of sulfonamides is 1. The molecule has 3 rings (SSSR count). The summed E-state index contributed by atoms with van der Waals surface area (Å²) in [4.78, 5) is 14.1. The quantitative estimate of drug-likeness (QED) is 0.814. The second-order valence-corrected chi connectivity index (χ2v) is 8.69. The van der Waals surface area contributed by atoms with Crippen LogP contribution in [0.3, 0.4) is 0 Å². The molecule has 5 nitrogen and oxygen atoms in total. The Balaban J connectivity index is 1.68. The van der Waals surface area contributed by atoms with Gasteiger partial charge in [-0.1, -0.05) is 29.6 Å². The van der Waals surface area contributed by atoms with Crippen LogP contribution in [0, 0.1) is 5.92 Å². The Morgan fingerprint density at radius 3 is 2.22 bits per heavy atom. The third kappa shape index (κ3) is 3.36. The molecule has 126 valence electrons. The van der Waals surface area contributed by atoms with Gasteiger partial charge in [-0.3, -0.25) is 4.79 Å². The molecule has 0 N–H and O–H groups in total. The summed E-state index contributed by atoms with van der Waals surface area (Å²) < 4.78 is 26.7. The van der Waals surface area contributed by atoms with Gasteiger partial charge in [-0.05, 0) is 31.0 Å². The van der Waals surface area contributed by atoms with E-state index in [0.717, 1.165) is 19.3 Å². The molecule has 0 spiro atoms. The Morgan fingerprint density at radius 1 is 1.04 bits per heavy atom. The first-order chi connectivity index (χ1) is 10.9. The zero-order valence-corrected chi connectivity index (χ0v) is 14.9. The third-order valence-electron chi connectivity index (χ3n) is 4.53. The van der Waals surface area contributed by atoms with Crippen molar-refractivity contribution < 1.29 is 13.2 Å². The molecule has 0 radical (unpaired) electrons. The lowest BCUT2D eigenvalue weighted by Crippen LogP contribution is -2.52. The maximum atomic E-state index is 12.6. The van der Waals surface area contributed by atoms with Gasteiger partial charge < -0.3 is 4.90 Å². The van der Waals surface area contributed by atoms with E-state index in [9.17, 15) is 13.2 Å². The summed E-state index contributed by atoms with van der Waals surface area (Å²) in [6.45, 7) is 1.49. The van der Waals surface area contributed by atoms with Crippen molar-refractivity contribution >= 4 is 39.1 Å². The minimum Gasteiger partial charge on any atom is -0.340 e. The molecule has 1 saturated carbocycles. The molecule has 0 aromatic heterocycles. The molecule has 1 saturated heterocycles. The van der Waals surface area contributed by atoms with Crippen LogP contribution in [0.5, 0.6) is 0 Å². The van der Waals surface area contributed by atoms with E-state index in [1.165, 1.54) is 22.5 Å². The van der Waals surface area contributed by atoms with Crippen molar-refractivity contribution in [1.82, 2.24) is 9.21 Å². The van der Waals surface area contributed by atoms with Gasteiger partial charge in [0.1, 0.15) is 0 Å². The minimum absolute atomic E-state index is 0.130. The van der Waals surface area contributed by atoms with Crippen LogP contribution in [0.4, 0.5) is 0 Å². The van der Waals surface area contributed by atoms with Crippen LogP contribution in [0.25, 0.3) is 0 Å². The predicted molar refractivity (Wildman–Crippen MR) is 89.1 cm³/mol. The first-order valence-corrected chi connectivity index (χ1v) is 9.83. The van der Waals surface area contributed by atoms with Gasteiger partial charge in [-0.15, -0.1) is 0 Å². The van der Waals surface area contributed by atoms with Gasteiger partial charge in [-0.25, -0.2) is 8.42 Å². The van der Waals surface area contributed by atoms with Gasteiger partial charge in [0.15, 0.2) is 0 Å². The van der Waals surface area contributed by atoms with Gasteiger partial charge in [0, 0.05) is 32.1 Å². The molecule has 0 bridgehead atoms. The summed E-state index contributed by atoms with van der Waals surface area (Å²) in [5, 5.41) is 0.535. The standard InChI is InChI=1S/C15H18Cl2N2O3S/c16-13-5-4-12(10-14(13)17)23(21,22)19-8-6-18(7-9-19)15(20)11-2-1-3-11/h4-5,10-11H,1-3,6-9H2. The van der Waals surface area contributed by atoms with E-state index < -0.39 is 10.0 Å². The average molecular weight is 377 g/mol. The molecular weight excluding hydrogens is 359 g/mol. The number of hydrogen-bond donors (Lipinski definition) is 0. The summed E-state index contributed by atoms with van der Waals surface area (Å²) >= 11 is 11.7. The zero-order valence-electron chi connectivity index (χ0n) is 12.5. The van der Waals surface area contributed by atoms with Crippen LogP contribution >= 0.6 is 23.2 Å². The molecule has 1 amide bonds. The summed E-state index contributed by atoms with van der Waals surface area (Å²) in [5.41, 5.74) is 0. The lowest BCUT2D eigenvalue weighted by Gasteiger charge is -2.37. The first kappa shape index (κ1) is 17.0. The fourth-order valence-corrected chi connectivity index (χ4v) is 4.66. The molecule has 1 heterocycles. The number of rotatable bonds is 3. The largest absolute Gasteiger partial charge is 0.340 e. The highest BCUT2D eigenvalue weighted by molar-refractivity contribution is 7.89. The molecule has 1 aromatic rings. The third-order valence-corrected chi connectivity index (χ3v) is 7.17. The van der Waals surface area contributed by atoms with Crippen LogP contribution < -0.4 is 0 Å². The second kappa shape index (κ2) is 6.59. The molecule has 2 fully saturated rings. The van der Waals surface area contributed by atoms with E-state index in [4.69, 9.17) is 23.2 Å². The van der Waals surface area contributed by atoms with Crippen LogP contribution in [-0.4, -0.2) is 49.7 Å². The molecule has 23 heavy (non-hydrogen) atoms. The van der Waals surface area contributed by atoms with Gasteiger partial charge in [-0.2, -0.15) is 4.31 Å². The van der Waals surface area contributed by atoms with Crippen LogP contribution in [0.2, 0.25) is 10.0 Å². The van der Waals surface area contributed by atoms with Crippen molar-refractivity contribution in [2.24, 2.45) is 5.92 Å². The topological polar surface area (TPSA) is 57.7 Å². The van der Waals surface area contributed by atoms with Crippen LogP contribution in [0.15, 0.2) is 23.1 Å². The summed E-state index contributed by atoms with van der Waals surface area (Å²) in [6.07, 6.45) is 3.03. The lowest BCUT2D eigenvalue weighted by atomic mass is 9.84. The average Bonchev–Trinajstić information content (AvgIpc) is 2.48. The number of halogens is 2. The Kier molecular flexibility index (Phi) is 4.88. The van der Waals surface area contributed by atoms with E-state index in [-0.39, 0.29) is 21.7 Å². The Labute approximate surface area is 146 Å². The van der Waals surface area contributed by atoms with Crippen molar-refractivity contribution in [3.8, 4) is 0 Å². The SMILES string of the molecule is O=C(C1CCC1)N1CCN(S(=O)(=O)c2ccc(Cl)c(Cl)c2)CC1. The molecule has 0 unspecified atom stereocenters. The highest BCUT2D eigenvalue weighted by Gasteiger charge is 2.34. The number of amides is 1. The number of piperazine rings is 1. The molecule has 1 aliphatic carbocycles. The smallest absolute Gasteiger partial charge is 0.243 e. The second-order valence-electron chi connectivity index (χ2n) is 5.93. The summed E-state index contributed by atoms with van der Waals surface area (Å²) in [7, 11) is -3.61. The van der Waals surface area contributed by atoms with Crippen LogP contribution in [0.1, 0.15) is 19.3 Å². The van der Waals surface area contributed by atoms with Crippen molar-refractivity contribution in [3.05, 3.63) is 28.2 Å². The molecule has 2 aliphatic rings. The van der Waals surface area contributed by atoms with E-state index >= 15 is 0 Å². The molecule has 0 atom stereocenters. The van der Waals surface area contributed by atoms with E-state index in [0.29, 0.717) is 31.2 Å². The summed E-state index contributed by atoms with van der Waals surface area (Å²) in [5.74, 6) is 0.316. The Hall–Kier alpha value is -0.820. The number of nitrogens with zero attached hydrogens (tertiary/aromatic N) is 2. The fraction of sp³-hybridized carbons (Fsp3) is 0.533. The Morgan fingerprint density at radius 2 is 1.70 bits per heavy atom. The van der Waals surface area contributed by atoms with E-state index in [1.54, 1.807) is 4.90 Å². The van der Waals surface area contributed by atoms with E-state index in [2.05, 4.69) is 0 Å². The molecule has 1 aliphatic heterocycles. The van der Waals surface area contributed by atoms with Gasteiger partial charge in [0.25, 0.3) is 0 Å². The first-order valence-electron chi connectivity index (χ1n) is 7.63. The van der Waals surface area contributed by atoms with Crippen molar-refractivity contribution in [2.75, 3.05) is 26.2 Å². The lowest BCUT2D eigenvalue weighted by molar-refractivity contribution is -0.139. The fourth-order valence-electron chi connectivity index (χ4n) is 2.85. The zero-order chi connectivity index (χ0) is 16.6. The maximum Gasteiger partial charge on any atom is 0.243 e. The highest BCUT2D eigenvalue weighted by atomic mass is 35.5.